The first-order chi connectivity index (χ1) is 8.42. The van der Waals surface area contributed by atoms with Crippen molar-refractivity contribution in [1.82, 2.24) is 0 Å². The van der Waals surface area contributed by atoms with Gasteiger partial charge in [-0.25, -0.2) is 4.39 Å². The van der Waals surface area contributed by atoms with Crippen molar-refractivity contribution in [2.24, 2.45) is 17.6 Å². The average molecular weight is 270 g/mol. The second-order valence-corrected chi connectivity index (χ2v) is 6.29. The Balaban J connectivity index is 2.23. The summed E-state index contributed by atoms with van der Waals surface area (Å²) < 4.78 is 13.5. The van der Waals surface area contributed by atoms with Crippen molar-refractivity contribution in [1.29, 1.82) is 0 Å². The molecular weight excluding hydrogens is 249 g/mol. The predicted octanol–water partition coefficient (Wildman–Crippen LogP) is 4.18. The zero-order valence-electron chi connectivity index (χ0n) is 11.0. The van der Waals surface area contributed by atoms with Crippen LogP contribution in [0.1, 0.15) is 38.7 Å². The molecule has 2 N–H and O–H groups in total. The van der Waals surface area contributed by atoms with Gasteiger partial charge in [-0.05, 0) is 42.7 Å². The van der Waals surface area contributed by atoms with Gasteiger partial charge in [-0.1, -0.05) is 44.0 Å². The molecule has 0 amide bonds. The van der Waals surface area contributed by atoms with E-state index in [2.05, 4.69) is 13.8 Å². The van der Waals surface area contributed by atoms with Gasteiger partial charge in [0.1, 0.15) is 5.82 Å². The maximum absolute atomic E-state index is 13.5. The first-order valence-corrected chi connectivity index (χ1v) is 7.02. The largest absolute Gasteiger partial charge is 0.325 e. The number of rotatable bonds is 2. The fourth-order valence-corrected chi connectivity index (χ4v) is 3.25. The van der Waals surface area contributed by atoms with Gasteiger partial charge in [-0.2, -0.15) is 0 Å². The summed E-state index contributed by atoms with van der Waals surface area (Å²) in [6.07, 6.45) is 4.03. The molecule has 3 unspecified atom stereocenters. The van der Waals surface area contributed by atoms with Crippen LogP contribution < -0.4 is 5.73 Å². The summed E-state index contributed by atoms with van der Waals surface area (Å²) in [4.78, 5) is 0. The van der Waals surface area contributed by atoms with E-state index in [4.69, 9.17) is 17.3 Å². The van der Waals surface area contributed by atoms with Crippen molar-refractivity contribution in [2.75, 3.05) is 0 Å². The Morgan fingerprint density at radius 2 is 2.11 bits per heavy atom. The topological polar surface area (TPSA) is 26.0 Å². The third-order valence-corrected chi connectivity index (χ3v) is 4.78. The molecule has 0 spiro atoms. The molecule has 0 aliphatic heterocycles. The minimum Gasteiger partial charge on any atom is -0.325 e. The predicted molar refractivity (Wildman–Crippen MR) is 74.2 cm³/mol. The molecule has 0 saturated heterocycles. The lowest BCUT2D eigenvalue weighted by molar-refractivity contribution is 0.161. The monoisotopic (exact) mass is 269 g/mol. The molecule has 1 aromatic rings. The van der Waals surface area contributed by atoms with Crippen LogP contribution in [0.15, 0.2) is 18.2 Å². The van der Waals surface area contributed by atoms with E-state index in [0.29, 0.717) is 18.3 Å². The van der Waals surface area contributed by atoms with Crippen LogP contribution in [0.4, 0.5) is 4.39 Å². The number of hydrogen-bond donors (Lipinski definition) is 1. The van der Waals surface area contributed by atoms with Crippen molar-refractivity contribution in [2.45, 2.75) is 45.1 Å². The van der Waals surface area contributed by atoms with Crippen LogP contribution in [0.3, 0.4) is 0 Å². The standard InChI is InChI=1S/C15H21ClFN/c1-10-6-7-11(2)15(18,8-10)9-12-4-3-5-13(17)14(12)16/h3-5,10-11H,6-9,18H2,1-2H3. The Morgan fingerprint density at radius 1 is 1.39 bits per heavy atom. The van der Waals surface area contributed by atoms with Crippen LogP contribution in [0, 0.1) is 17.7 Å². The number of halogens is 2. The molecular formula is C15H21ClFN. The van der Waals surface area contributed by atoms with Crippen LogP contribution >= 0.6 is 11.6 Å². The highest BCUT2D eigenvalue weighted by Gasteiger charge is 2.37. The first-order valence-electron chi connectivity index (χ1n) is 6.64. The van der Waals surface area contributed by atoms with Crippen molar-refractivity contribution < 1.29 is 4.39 Å². The maximum Gasteiger partial charge on any atom is 0.142 e. The number of hydrogen-bond acceptors (Lipinski definition) is 1. The first kappa shape index (κ1) is 13.8. The average Bonchev–Trinajstić information content (AvgIpc) is 2.30. The van der Waals surface area contributed by atoms with E-state index < -0.39 is 0 Å². The van der Waals surface area contributed by atoms with Gasteiger partial charge in [-0.15, -0.1) is 0 Å². The van der Waals surface area contributed by atoms with Gasteiger partial charge < -0.3 is 5.73 Å². The van der Waals surface area contributed by atoms with Crippen LogP contribution in [-0.4, -0.2) is 5.54 Å². The van der Waals surface area contributed by atoms with E-state index in [1.807, 2.05) is 6.07 Å². The van der Waals surface area contributed by atoms with Gasteiger partial charge in [0.2, 0.25) is 0 Å². The van der Waals surface area contributed by atoms with E-state index in [9.17, 15) is 4.39 Å². The Bertz CT molecular complexity index is 435. The number of benzene rings is 1. The van der Waals surface area contributed by atoms with Crippen LogP contribution in [0.25, 0.3) is 0 Å². The van der Waals surface area contributed by atoms with Crippen molar-refractivity contribution in [3.63, 3.8) is 0 Å². The molecule has 1 fully saturated rings. The third kappa shape index (κ3) is 2.70. The summed E-state index contributed by atoms with van der Waals surface area (Å²) in [6.45, 7) is 4.43. The van der Waals surface area contributed by atoms with E-state index in [0.717, 1.165) is 18.4 Å². The summed E-state index contributed by atoms with van der Waals surface area (Å²) in [5.74, 6) is 0.737. The molecule has 2 rings (SSSR count). The molecule has 0 radical (unpaired) electrons. The molecule has 0 bridgehead atoms. The SMILES string of the molecule is CC1CCC(C)C(N)(Cc2cccc(F)c2Cl)C1. The van der Waals surface area contributed by atoms with E-state index in [-0.39, 0.29) is 16.4 Å². The highest BCUT2D eigenvalue weighted by Crippen LogP contribution is 2.38. The molecule has 3 atom stereocenters. The molecule has 1 aliphatic carbocycles. The lowest BCUT2D eigenvalue weighted by Gasteiger charge is -2.42. The smallest absolute Gasteiger partial charge is 0.142 e. The Hall–Kier alpha value is -0.600. The lowest BCUT2D eigenvalue weighted by atomic mass is 9.68. The molecule has 0 aromatic heterocycles. The van der Waals surface area contributed by atoms with Crippen molar-refractivity contribution >= 4 is 11.6 Å². The molecule has 100 valence electrons. The van der Waals surface area contributed by atoms with Gasteiger partial charge in [0, 0.05) is 5.54 Å². The van der Waals surface area contributed by atoms with Crippen molar-refractivity contribution in [3.05, 3.63) is 34.6 Å². The minimum absolute atomic E-state index is 0.229. The quantitative estimate of drug-likeness (QED) is 0.857. The van der Waals surface area contributed by atoms with Crippen LogP contribution in [-0.2, 0) is 6.42 Å². The summed E-state index contributed by atoms with van der Waals surface area (Å²) >= 11 is 6.03. The third-order valence-electron chi connectivity index (χ3n) is 4.35. The fraction of sp³-hybridized carbons (Fsp3) is 0.600. The second kappa shape index (κ2) is 5.18. The highest BCUT2D eigenvalue weighted by atomic mass is 35.5. The van der Waals surface area contributed by atoms with Gasteiger partial charge >= 0.3 is 0 Å². The van der Waals surface area contributed by atoms with Gasteiger partial charge in [0.15, 0.2) is 0 Å². The Morgan fingerprint density at radius 3 is 2.83 bits per heavy atom. The summed E-state index contributed by atoms with van der Waals surface area (Å²) in [5, 5.41) is 0.229. The zero-order chi connectivity index (χ0) is 13.3. The fourth-order valence-electron chi connectivity index (χ4n) is 3.06. The Labute approximate surface area is 114 Å². The van der Waals surface area contributed by atoms with Crippen molar-refractivity contribution in [3.8, 4) is 0 Å². The number of nitrogens with two attached hydrogens (primary N) is 1. The van der Waals surface area contributed by atoms with Gasteiger partial charge in [-0.3, -0.25) is 0 Å². The molecule has 1 aromatic carbocycles. The van der Waals surface area contributed by atoms with E-state index in [1.165, 1.54) is 12.5 Å². The normalized spacial score (nSPS) is 32.5. The molecule has 1 nitrogen and oxygen atoms in total. The summed E-state index contributed by atoms with van der Waals surface area (Å²) in [7, 11) is 0. The molecule has 1 aliphatic rings. The van der Waals surface area contributed by atoms with Gasteiger partial charge in [0.25, 0.3) is 0 Å². The molecule has 3 heteroatoms. The highest BCUT2D eigenvalue weighted by molar-refractivity contribution is 6.31. The van der Waals surface area contributed by atoms with Crippen LogP contribution in [0.2, 0.25) is 5.02 Å². The Kier molecular flexibility index (Phi) is 3.98. The second-order valence-electron chi connectivity index (χ2n) is 5.91. The van der Waals surface area contributed by atoms with E-state index in [1.54, 1.807) is 6.07 Å². The minimum atomic E-state index is -0.353. The van der Waals surface area contributed by atoms with Crippen LogP contribution in [0.5, 0.6) is 0 Å². The lowest BCUT2D eigenvalue weighted by Crippen LogP contribution is -2.51. The molecule has 1 saturated carbocycles. The molecule has 18 heavy (non-hydrogen) atoms. The van der Waals surface area contributed by atoms with Gasteiger partial charge in [0.05, 0.1) is 5.02 Å². The zero-order valence-corrected chi connectivity index (χ0v) is 11.8. The molecule has 0 heterocycles. The summed E-state index contributed by atoms with van der Waals surface area (Å²) in [6, 6.07) is 4.98. The van der Waals surface area contributed by atoms with E-state index >= 15 is 0 Å². The maximum atomic E-state index is 13.5. The summed E-state index contributed by atoms with van der Waals surface area (Å²) in [5.41, 5.74) is 7.14.